The van der Waals surface area contributed by atoms with Crippen molar-refractivity contribution >= 4 is 45.3 Å². The van der Waals surface area contributed by atoms with Gasteiger partial charge in [0.15, 0.2) is 5.16 Å². The van der Waals surface area contributed by atoms with Gasteiger partial charge in [0.05, 0.1) is 16.6 Å². The first-order valence-corrected chi connectivity index (χ1v) is 9.12. The summed E-state index contributed by atoms with van der Waals surface area (Å²) in [7, 11) is 0. The summed E-state index contributed by atoms with van der Waals surface area (Å²) in [6.07, 6.45) is 0.659. The average molecular weight is 349 g/mol. The Morgan fingerprint density at radius 3 is 2.64 bits per heavy atom. The quantitative estimate of drug-likeness (QED) is 0.407. The number of esters is 1. The fourth-order valence-corrected chi connectivity index (χ4v) is 4.55. The number of benzene rings is 2. The largest absolute Gasteiger partial charge is 0.462 e. The summed E-state index contributed by atoms with van der Waals surface area (Å²) >= 11 is 1.46. The monoisotopic (exact) mass is 349 g/mol. The van der Waals surface area contributed by atoms with Crippen LogP contribution in [-0.2, 0) is 9.53 Å². The van der Waals surface area contributed by atoms with Crippen molar-refractivity contribution in [3.8, 4) is 0 Å². The highest BCUT2D eigenvalue weighted by Crippen LogP contribution is 2.34. The molecule has 0 bridgehead atoms. The zero-order chi connectivity index (χ0) is 17.0. The van der Waals surface area contributed by atoms with Gasteiger partial charge in [-0.1, -0.05) is 36.0 Å². The van der Waals surface area contributed by atoms with Gasteiger partial charge in [-0.15, -0.1) is 0 Å². The maximum atomic E-state index is 12.1. The van der Waals surface area contributed by atoms with Gasteiger partial charge >= 0.3 is 5.97 Å². The number of ether oxygens (including phenoxy) is 1. The van der Waals surface area contributed by atoms with Crippen molar-refractivity contribution < 1.29 is 9.53 Å². The first-order chi connectivity index (χ1) is 12.2. The van der Waals surface area contributed by atoms with Crippen LogP contribution in [0.1, 0.15) is 13.3 Å². The van der Waals surface area contributed by atoms with Gasteiger partial charge in [0.1, 0.15) is 17.0 Å². The summed E-state index contributed by atoms with van der Waals surface area (Å²) in [6, 6.07) is 16.0. The highest BCUT2D eigenvalue weighted by molar-refractivity contribution is 8.00. The zero-order valence-corrected chi connectivity index (χ0v) is 14.4. The van der Waals surface area contributed by atoms with Crippen LogP contribution in [0.3, 0.4) is 0 Å². The van der Waals surface area contributed by atoms with Crippen LogP contribution < -0.4 is 0 Å². The third-order valence-corrected chi connectivity index (χ3v) is 5.64. The first kappa shape index (κ1) is 14.7. The number of carbonyl (C=O) groups excluding carboxylic acids is 1. The summed E-state index contributed by atoms with van der Waals surface area (Å²) in [4.78, 5) is 21.7. The molecular formula is C19H15N3O2S. The molecule has 6 heteroatoms. The highest BCUT2D eigenvalue weighted by Gasteiger charge is 2.34. The summed E-state index contributed by atoms with van der Waals surface area (Å²) in [6.45, 7) is 1.93. The van der Waals surface area contributed by atoms with E-state index in [2.05, 4.69) is 4.40 Å². The van der Waals surface area contributed by atoms with Crippen molar-refractivity contribution in [3.05, 3.63) is 48.5 Å². The number of imidazole rings is 1. The molecule has 2 aromatic heterocycles. The Hall–Kier alpha value is -2.60. The van der Waals surface area contributed by atoms with E-state index in [0.29, 0.717) is 6.42 Å². The molecule has 1 aliphatic rings. The smallest absolute Gasteiger partial charge is 0.319 e. The predicted molar refractivity (Wildman–Crippen MR) is 97.8 cm³/mol. The van der Waals surface area contributed by atoms with E-state index in [0.717, 1.165) is 32.7 Å². The van der Waals surface area contributed by atoms with E-state index < -0.39 is 0 Å². The Balaban J connectivity index is 1.79. The van der Waals surface area contributed by atoms with Gasteiger partial charge in [0, 0.05) is 11.8 Å². The molecule has 124 valence electrons. The van der Waals surface area contributed by atoms with E-state index in [1.54, 1.807) is 0 Å². The minimum Gasteiger partial charge on any atom is -0.462 e. The average Bonchev–Trinajstić information content (AvgIpc) is 3.15. The van der Waals surface area contributed by atoms with Crippen LogP contribution in [-0.4, -0.2) is 31.7 Å². The fraction of sp³-hybridized carbons (Fsp3) is 0.211. The number of para-hydroxylation sites is 3. The number of cyclic esters (lactones) is 1. The Bertz CT molecular complexity index is 1140. The van der Waals surface area contributed by atoms with Gasteiger partial charge in [-0.25, -0.2) is 9.97 Å². The molecule has 25 heavy (non-hydrogen) atoms. The molecule has 2 aromatic carbocycles. The van der Waals surface area contributed by atoms with Crippen LogP contribution >= 0.6 is 11.8 Å². The second-order valence-electron chi connectivity index (χ2n) is 6.26. The molecule has 1 fully saturated rings. The van der Waals surface area contributed by atoms with Crippen molar-refractivity contribution in [1.82, 2.24) is 14.4 Å². The third kappa shape index (κ3) is 2.28. The number of rotatable bonds is 2. The van der Waals surface area contributed by atoms with Crippen molar-refractivity contribution in [2.24, 2.45) is 0 Å². The highest BCUT2D eigenvalue weighted by atomic mass is 32.2. The molecule has 1 saturated heterocycles. The van der Waals surface area contributed by atoms with Crippen molar-refractivity contribution in [2.75, 3.05) is 0 Å². The number of nitrogens with zero attached hydrogens (tertiary/aromatic N) is 3. The Morgan fingerprint density at radius 2 is 1.84 bits per heavy atom. The fourth-order valence-electron chi connectivity index (χ4n) is 3.34. The van der Waals surface area contributed by atoms with Crippen LogP contribution in [0.25, 0.3) is 27.6 Å². The van der Waals surface area contributed by atoms with Crippen LogP contribution in [0.15, 0.2) is 53.7 Å². The van der Waals surface area contributed by atoms with E-state index in [-0.39, 0.29) is 17.3 Å². The Kier molecular flexibility index (Phi) is 3.21. The molecule has 0 saturated carbocycles. The number of carbonyl (C=O) groups is 1. The van der Waals surface area contributed by atoms with Crippen LogP contribution in [0.5, 0.6) is 0 Å². The maximum absolute atomic E-state index is 12.1. The summed E-state index contributed by atoms with van der Waals surface area (Å²) in [5.41, 5.74) is 3.67. The van der Waals surface area contributed by atoms with E-state index in [4.69, 9.17) is 14.7 Å². The lowest BCUT2D eigenvalue weighted by atomic mass is 10.2. The number of fused-ring (bicyclic) bond motifs is 5. The number of aromatic nitrogens is 3. The van der Waals surface area contributed by atoms with Gasteiger partial charge in [0.25, 0.3) is 0 Å². The normalized spacial score (nSPS) is 20.6. The number of thioether (sulfide) groups is 1. The molecule has 3 heterocycles. The molecule has 0 radical (unpaired) electrons. The molecule has 0 spiro atoms. The van der Waals surface area contributed by atoms with Crippen molar-refractivity contribution in [2.45, 2.75) is 29.9 Å². The van der Waals surface area contributed by atoms with Crippen molar-refractivity contribution in [1.29, 1.82) is 0 Å². The van der Waals surface area contributed by atoms with Gasteiger partial charge < -0.3 is 4.74 Å². The van der Waals surface area contributed by atoms with Crippen LogP contribution in [0.2, 0.25) is 0 Å². The van der Waals surface area contributed by atoms with E-state index in [1.807, 2.05) is 55.5 Å². The minimum absolute atomic E-state index is 0.0412. The molecule has 0 aliphatic carbocycles. The minimum atomic E-state index is -0.229. The molecule has 4 aromatic rings. The molecular weight excluding hydrogens is 334 g/mol. The summed E-state index contributed by atoms with van der Waals surface area (Å²) in [5.74, 6) is -0.162. The summed E-state index contributed by atoms with van der Waals surface area (Å²) in [5, 5.41) is 1.55. The van der Waals surface area contributed by atoms with Crippen molar-refractivity contribution in [3.63, 3.8) is 0 Å². The first-order valence-electron chi connectivity index (χ1n) is 8.24. The number of hydrogen-bond donors (Lipinski definition) is 0. The van der Waals surface area contributed by atoms with Gasteiger partial charge in [-0.3, -0.25) is 9.20 Å². The third-order valence-electron chi connectivity index (χ3n) is 4.49. The lowest BCUT2D eigenvalue weighted by Crippen LogP contribution is -2.11. The van der Waals surface area contributed by atoms with Gasteiger partial charge in [0.2, 0.25) is 0 Å². The Labute approximate surface area is 148 Å². The topological polar surface area (TPSA) is 56.5 Å². The molecule has 5 rings (SSSR count). The zero-order valence-electron chi connectivity index (χ0n) is 13.5. The molecule has 5 nitrogen and oxygen atoms in total. The maximum Gasteiger partial charge on any atom is 0.319 e. The second kappa shape index (κ2) is 5.46. The summed E-state index contributed by atoms with van der Waals surface area (Å²) < 4.78 is 7.36. The standard InChI is InChI=1S/C19H15N3O2S/c1-11-10-16(18(23)24-11)25-19-21-13-7-3-2-6-12(13)17-20-14-8-4-5-9-15(14)22(17)19/h2-9,11,16H,10H2,1H3. The molecule has 0 N–H and O–H groups in total. The molecule has 2 unspecified atom stereocenters. The predicted octanol–water partition coefficient (Wildman–Crippen LogP) is 3.83. The van der Waals surface area contributed by atoms with Gasteiger partial charge in [-0.2, -0.15) is 0 Å². The molecule has 1 aliphatic heterocycles. The SMILES string of the molecule is CC1CC(Sc2nc3ccccc3c3nc4ccccc4n23)C(=O)O1. The lowest BCUT2D eigenvalue weighted by molar-refractivity contribution is -0.140. The molecule has 0 amide bonds. The van der Waals surface area contributed by atoms with E-state index >= 15 is 0 Å². The number of hydrogen-bond acceptors (Lipinski definition) is 5. The molecule has 2 atom stereocenters. The van der Waals surface area contributed by atoms with Gasteiger partial charge in [-0.05, 0) is 31.2 Å². The Morgan fingerprint density at radius 1 is 1.08 bits per heavy atom. The lowest BCUT2D eigenvalue weighted by Gasteiger charge is -2.10. The van der Waals surface area contributed by atoms with E-state index in [1.165, 1.54) is 11.8 Å². The van der Waals surface area contributed by atoms with Crippen LogP contribution in [0, 0.1) is 0 Å². The van der Waals surface area contributed by atoms with E-state index in [9.17, 15) is 4.79 Å². The van der Waals surface area contributed by atoms with Crippen LogP contribution in [0.4, 0.5) is 0 Å². The second-order valence-corrected chi connectivity index (χ2v) is 7.43.